The van der Waals surface area contributed by atoms with E-state index in [0.29, 0.717) is 17.9 Å². The van der Waals surface area contributed by atoms with Gasteiger partial charge in [-0.3, -0.25) is 4.79 Å². The molecule has 1 aromatic carbocycles. The maximum absolute atomic E-state index is 12.6. The smallest absolute Gasteiger partial charge is 0.403 e. The van der Waals surface area contributed by atoms with Gasteiger partial charge in [0.25, 0.3) is 5.69 Å². The molecule has 4 nitrogen and oxygen atoms in total. The van der Waals surface area contributed by atoms with Crippen LogP contribution >= 0.6 is 0 Å². The van der Waals surface area contributed by atoms with Gasteiger partial charge in [0.1, 0.15) is 0 Å². The zero-order valence-electron chi connectivity index (χ0n) is 22.6. The van der Waals surface area contributed by atoms with Crippen LogP contribution in [-0.2, 0) is 11.3 Å². The van der Waals surface area contributed by atoms with Crippen molar-refractivity contribution >= 4 is 11.8 Å². The molecule has 0 saturated carbocycles. The van der Waals surface area contributed by atoms with Crippen LogP contribution in [0.3, 0.4) is 0 Å². The van der Waals surface area contributed by atoms with Crippen LogP contribution in [0.25, 0.3) is 0 Å². The van der Waals surface area contributed by atoms with Crippen LogP contribution in [0.1, 0.15) is 131 Å². The first-order valence-electron chi connectivity index (χ1n) is 14.5. The van der Waals surface area contributed by atoms with Crippen molar-refractivity contribution in [3.8, 4) is 0 Å². The van der Waals surface area contributed by atoms with Crippen LogP contribution in [0, 0.1) is 0 Å². The second-order valence-electron chi connectivity index (χ2n) is 9.94. The lowest BCUT2D eigenvalue weighted by Crippen LogP contribution is -2.43. The molecule has 0 aliphatic heterocycles. The van der Waals surface area contributed by atoms with E-state index < -0.39 is 0 Å². The molecule has 2 aromatic rings. The molecule has 0 unspecified atom stereocenters. The van der Waals surface area contributed by atoms with Gasteiger partial charge >= 0.3 is 5.97 Å². The van der Waals surface area contributed by atoms with E-state index in [4.69, 9.17) is 4.74 Å². The normalized spacial score (nSPS) is 10.9. The third-order valence-electron chi connectivity index (χ3n) is 6.79. The Balaban J connectivity index is 1.48. The highest BCUT2D eigenvalue weighted by molar-refractivity contribution is 5.95. The van der Waals surface area contributed by atoms with E-state index in [1.165, 1.54) is 89.9 Å². The van der Waals surface area contributed by atoms with Crippen LogP contribution in [0.15, 0.2) is 54.7 Å². The van der Waals surface area contributed by atoms with Crippen molar-refractivity contribution < 1.29 is 18.9 Å². The summed E-state index contributed by atoms with van der Waals surface area (Å²) in [5.74, 6) is -0.393. The molecule has 0 bridgehead atoms. The quantitative estimate of drug-likeness (QED) is 0.0759. The third-order valence-corrected chi connectivity index (χ3v) is 6.79. The zero-order chi connectivity index (χ0) is 25.7. The number of hydrogen-bond donors (Lipinski definition) is 0. The summed E-state index contributed by atoms with van der Waals surface area (Å²) in [7, 11) is 0. The predicted octanol–water partition coefficient (Wildman–Crippen LogP) is 8.28. The van der Waals surface area contributed by atoms with Crippen LogP contribution in [-0.4, -0.2) is 18.4 Å². The highest BCUT2D eigenvalue weighted by Gasteiger charge is 2.22. The molecular formula is C32H48NO3+. The van der Waals surface area contributed by atoms with Crippen molar-refractivity contribution in [2.45, 2.75) is 116 Å². The van der Waals surface area contributed by atoms with E-state index in [9.17, 15) is 9.59 Å². The minimum absolute atomic E-state index is 0.0290. The molecule has 4 heteroatoms. The SMILES string of the molecule is CCCCCCCCCCCCCCCCCCOC(=O)c1cccc[n+]1CC(=O)c1ccccc1. The molecular weight excluding hydrogens is 446 g/mol. The lowest BCUT2D eigenvalue weighted by atomic mass is 10.0. The molecule has 1 heterocycles. The van der Waals surface area contributed by atoms with Gasteiger partial charge in [-0.05, 0) is 12.5 Å². The summed E-state index contributed by atoms with van der Waals surface area (Å²) >= 11 is 0. The van der Waals surface area contributed by atoms with Gasteiger partial charge in [-0.15, -0.1) is 0 Å². The molecule has 0 fully saturated rings. The summed E-state index contributed by atoms with van der Waals surface area (Å²) in [6.45, 7) is 2.82. The first kappa shape index (κ1) is 29.7. The first-order valence-corrected chi connectivity index (χ1v) is 14.5. The maximum atomic E-state index is 12.6. The molecule has 0 radical (unpaired) electrons. The molecule has 0 aliphatic carbocycles. The Kier molecular flexibility index (Phi) is 16.2. The molecule has 198 valence electrons. The van der Waals surface area contributed by atoms with Crippen molar-refractivity contribution in [2.24, 2.45) is 0 Å². The second-order valence-corrected chi connectivity index (χ2v) is 9.94. The van der Waals surface area contributed by atoms with Gasteiger partial charge < -0.3 is 4.74 Å². The van der Waals surface area contributed by atoms with E-state index in [0.717, 1.165) is 12.8 Å². The highest BCUT2D eigenvalue weighted by Crippen LogP contribution is 2.14. The van der Waals surface area contributed by atoms with Gasteiger partial charge in [-0.2, -0.15) is 4.57 Å². The van der Waals surface area contributed by atoms with Crippen LogP contribution in [0.4, 0.5) is 0 Å². The predicted molar refractivity (Wildman–Crippen MR) is 147 cm³/mol. The average Bonchev–Trinajstić information content (AvgIpc) is 2.91. The third kappa shape index (κ3) is 13.0. The minimum atomic E-state index is -0.363. The fraction of sp³-hybridized carbons (Fsp3) is 0.594. The Morgan fingerprint density at radius 2 is 1.14 bits per heavy atom. The lowest BCUT2D eigenvalue weighted by molar-refractivity contribution is -0.685. The molecule has 2 rings (SSSR count). The van der Waals surface area contributed by atoms with Crippen molar-refractivity contribution in [3.05, 3.63) is 66.0 Å². The largest absolute Gasteiger partial charge is 0.458 e. The standard InChI is InChI=1S/C32H48NO3/c1-2-3-4-5-6-7-8-9-10-11-12-13-14-15-16-22-27-36-32(35)30-25-20-21-26-33(30)28-31(34)29-23-18-17-19-24-29/h17-21,23-26H,2-16,22,27-28H2,1H3/q+1. The number of ketones is 1. The number of hydrogen-bond acceptors (Lipinski definition) is 3. The molecule has 36 heavy (non-hydrogen) atoms. The van der Waals surface area contributed by atoms with E-state index in [-0.39, 0.29) is 18.3 Å². The van der Waals surface area contributed by atoms with Crippen molar-refractivity contribution in [1.82, 2.24) is 0 Å². The Bertz CT molecular complexity index is 849. The molecule has 0 N–H and O–H groups in total. The van der Waals surface area contributed by atoms with Crippen LogP contribution in [0.2, 0.25) is 0 Å². The van der Waals surface area contributed by atoms with Crippen molar-refractivity contribution in [3.63, 3.8) is 0 Å². The number of esters is 1. The fourth-order valence-electron chi connectivity index (χ4n) is 4.56. The Hall–Kier alpha value is -2.49. The number of nitrogens with zero attached hydrogens (tertiary/aromatic N) is 1. The van der Waals surface area contributed by atoms with Gasteiger partial charge in [-0.25, -0.2) is 4.79 Å². The second kappa shape index (κ2) is 19.7. The number of pyridine rings is 1. The van der Waals surface area contributed by atoms with Crippen LogP contribution < -0.4 is 4.57 Å². The monoisotopic (exact) mass is 494 g/mol. The van der Waals surface area contributed by atoms with Gasteiger partial charge in [0.2, 0.25) is 12.3 Å². The number of benzene rings is 1. The first-order chi connectivity index (χ1) is 17.7. The molecule has 0 saturated heterocycles. The fourth-order valence-corrected chi connectivity index (χ4v) is 4.56. The van der Waals surface area contributed by atoms with Gasteiger partial charge in [-0.1, -0.05) is 134 Å². The Morgan fingerprint density at radius 1 is 0.639 bits per heavy atom. The van der Waals surface area contributed by atoms with E-state index in [2.05, 4.69) is 6.92 Å². The number of carbonyl (C=O) groups excluding carboxylic acids is 2. The average molecular weight is 495 g/mol. The molecule has 0 atom stereocenters. The molecule has 1 aromatic heterocycles. The number of Topliss-reactive ketones (excluding diaryl/α,β-unsaturated/α-hetero) is 1. The van der Waals surface area contributed by atoms with E-state index in [1.807, 2.05) is 24.3 Å². The summed E-state index contributed by atoms with van der Waals surface area (Å²) in [5.41, 5.74) is 1.06. The van der Waals surface area contributed by atoms with Gasteiger partial charge in [0.15, 0.2) is 6.20 Å². The molecule has 0 amide bonds. The number of carbonyl (C=O) groups is 2. The number of rotatable bonds is 21. The van der Waals surface area contributed by atoms with Gasteiger partial charge in [0, 0.05) is 17.7 Å². The number of unbranched alkanes of at least 4 members (excludes halogenated alkanes) is 15. The van der Waals surface area contributed by atoms with E-state index in [1.54, 1.807) is 35.0 Å². The maximum Gasteiger partial charge on any atom is 0.403 e. The Morgan fingerprint density at radius 3 is 1.69 bits per heavy atom. The number of ether oxygens (including phenoxy) is 1. The Labute approximate surface area is 219 Å². The topological polar surface area (TPSA) is 47.2 Å². The number of aromatic nitrogens is 1. The summed E-state index contributed by atoms with van der Waals surface area (Å²) in [6, 6.07) is 14.5. The van der Waals surface area contributed by atoms with Crippen LogP contribution in [0.5, 0.6) is 0 Å². The van der Waals surface area contributed by atoms with Crippen molar-refractivity contribution in [1.29, 1.82) is 0 Å². The summed E-state index contributed by atoms with van der Waals surface area (Å²) in [6.07, 6.45) is 22.9. The summed E-state index contributed by atoms with van der Waals surface area (Å²) in [4.78, 5) is 25.1. The zero-order valence-corrected chi connectivity index (χ0v) is 22.6. The van der Waals surface area contributed by atoms with Gasteiger partial charge in [0.05, 0.1) is 6.61 Å². The van der Waals surface area contributed by atoms with Crippen molar-refractivity contribution in [2.75, 3.05) is 6.61 Å². The lowest BCUT2D eigenvalue weighted by Gasteiger charge is -2.06. The highest BCUT2D eigenvalue weighted by atomic mass is 16.5. The van der Waals surface area contributed by atoms with E-state index >= 15 is 0 Å². The summed E-state index contributed by atoms with van der Waals surface area (Å²) < 4.78 is 7.18. The molecule has 0 aliphatic rings. The minimum Gasteiger partial charge on any atom is -0.458 e. The summed E-state index contributed by atoms with van der Waals surface area (Å²) in [5, 5.41) is 0. The molecule has 0 spiro atoms.